The van der Waals surface area contributed by atoms with Gasteiger partial charge in [0.2, 0.25) is 0 Å². The average molecular weight is 385 g/mol. The van der Waals surface area contributed by atoms with Crippen molar-refractivity contribution in [1.29, 1.82) is 0 Å². The lowest BCUT2D eigenvalue weighted by molar-refractivity contribution is 0.103. The molecule has 2 saturated heterocycles. The van der Waals surface area contributed by atoms with Crippen LogP contribution in [0.1, 0.15) is 46.1 Å². The minimum absolute atomic E-state index is 0.0497. The van der Waals surface area contributed by atoms with Gasteiger partial charge in [-0.25, -0.2) is 4.98 Å². The Morgan fingerprint density at radius 3 is 2.44 bits per heavy atom. The van der Waals surface area contributed by atoms with Crippen molar-refractivity contribution in [1.82, 2.24) is 9.88 Å². The number of carbonyl (C=O) groups excluding carboxylic acids is 1. The van der Waals surface area contributed by atoms with Gasteiger partial charge >= 0.3 is 0 Å². The van der Waals surface area contributed by atoms with E-state index in [1.165, 1.54) is 55.8 Å². The maximum atomic E-state index is 12.7. The molecule has 2 aliphatic rings. The third-order valence-electron chi connectivity index (χ3n) is 5.48. The van der Waals surface area contributed by atoms with E-state index in [9.17, 15) is 4.79 Å². The number of rotatable bonds is 6. The van der Waals surface area contributed by atoms with Crippen LogP contribution in [0.15, 0.2) is 24.3 Å². The number of hydrogen-bond donors (Lipinski definition) is 1. The minimum Gasteiger partial charge on any atom is -0.372 e. The molecule has 0 bridgehead atoms. The molecular formula is C21H28N4OS. The van der Waals surface area contributed by atoms with Crippen LogP contribution in [-0.4, -0.2) is 48.5 Å². The molecule has 0 aliphatic carbocycles. The molecule has 2 aliphatic heterocycles. The highest BCUT2D eigenvalue weighted by atomic mass is 32.1. The van der Waals surface area contributed by atoms with Gasteiger partial charge in [-0.15, -0.1) is 11.3 Å². The number of hydrogen-bond acceptors (Lipinski definition) is 5. The molecule has 0 unspecified atom stereocenters. The molecular weight excluding hydrogens is 356 g/mol. The summed E-state index contributed by atoms with van der Waals surface area (Å²) in [6, 6.07) is 8.19. The van der Waals surface area contributed by atoms with Gasteiger partial charge in [-0.2, -0.15) is 0 Å². The molecule has 27 heavy (non-hydrogen) atoms. The summed E-state index contributed by atoms with van der Waals surface area (Å²) in [4.78, 5) is 22.9. The van der Waals surface area contributed by atoms with Crippen molar-refractivity contribution in [3.8, 4) is 0 Å². The van der Waals surface area contributed by atoms with E-state index < -0.39 is 0 Å². The van der Waals surface area contributed by atoms with Crippen molar-refractivity contribution in [3.63, 3.8) is 0 Å². The highest BCUT2D eigenvalue weighted by molar-refractivity contribution is 7.13. The lowest BCUT2D eigenvalue weighted by Crippen LogP contribution is -2.21. The van der Waals surface area contributed by atoms with Gasteiger partial charge in [-0.1, -0.05) is 0 Å². The van der Waals surface area contributed by atoms with Crippen LogP contribution in [0, 0.1) is 6.92 Å². The molecule has 1 aromatic heterocycles. The second-order valence-electron chi connectivity index (χ2n) is 7.52. The molecule has 2 aromatic rings. The number of aryl methyl sites for hydroxylation is 1. The first-order chi connectivity index (χ1) is 13.2. The number of carbonyl (C=O) groups is 1. The number of likely N-dealkylation sites (tertiary alicyclic amines) is 1. The van der Waals surface area contributed by atoms with Crippen LogP contribution >= 0.6 is 11.3 Å². The molecule has 0 radical (unpaired) electrons. The molecule has 144 valence electrons. The Morgan fingerprint density at radius 2 is 1.74 bits per heavy atom. The van der Waals surface area contributed by atoms with E-state index in [1.807, 2.05) is 19.1 Å². The predicted octanol–water partition coefficient (Wildman–Crippen LogP) is 3.94. The first-order valence-corrected chi connectivity index (χ1v) is 10.9. The largest absolute Gasteiger partial charge is 0.372 e. The van der Waals surface area contributed by atoms with Crippen molar-refractivity contribution in [3.05, 3.63) is 39.8 Å². The standard InChI is InChI=1S/C21H28N4OS/c1-16-20(27-19(22-16)10-15-24-11-2-3-12-24)21(26)23-17-6-8-18(9-7-17)25-13-4-5-14-25/h6-9H,2-5,10-15H2,1H3,(H,23,26). The van der Waals surface area contributed by atoms with Crippen LogP contribution in [0.2, 0.25) is 0 Å². The summed E-state index contributed by atoms with van der Waals surface area (Å²) in [5, 5.41) is 4.09. The second kappa shape index (κ2) is 8.40. The highest BCUT2D eigenvalue weighted by Crippen LogP contribution is 2.24. The van der Waals surface area contributed by atoms with Gasteiger partial charge in [0.25, 0.3) is 5.91 Å². The second-order valence-corrected chi connectivity index (χ2v) is 8.60. The van der Waals surface area contributed by atoms with E-state index in [0.717, 1.165) is 47.3 Å². The van der Waals surface area contributed by atoms with Gasteiger partial charge in [0.1, 0.15) is 4.88 Å². The number of nitrogens with zero attached hydrogens (tertiary/aromatic N) is 3. The number of benzene rings is 1. The lowest BCUT2D eigenvalue weighted by atomic mass is 10.2. The average Bonchev–Trinajstić information content (AvgIpc) is 3.43. The van der Waals surface area contributed by atoms with Gasteiger partial charge in [0.15, 0.2) is 0 Å². The van der Waals surface area contributed by atoms with E-state index in [4.69, 9.17) is 0 Å². The summed E-state index contributed by atoms with van der Waals surface area (Å²) in [6.45, 7) is 7.64. The lowest BCUT2D eigenvalue weighted by Gasteiger charge is -2.17. The van der Waals surface area contributed by atoms with Crippen LogP contribution in [0.4, 0.5) is 11.4 Å². The Labute approximate surface area is 165 Å². The van der Waals surface area contributed by atoms with Crippen molar-refractivity contribution < 1.29 is 4.79 Å². The van der Waals surface area contributed by atoms with Crippen LogP contribution < -0.4 is 10.2 Å². The van der Waals surface area contributed by atoms with E-state index in [2.05, 4.69) is 32.2 Å². The maximum Gasteiger partial charge on any atom is 0.267 e. The van der Waals surface area contributed by atoms with Gasteiger partial charge < -0.3 is 15.1 Å². The van der Waals surface area contributed by atoms with E-state index >= 15 is 0 Å². The quantitative estimate of drug-likeness (QED) is 0.819. The van der Waals surface area contributed by atoms with Crippen molar-refractivity contribution in [2.75, 3.05) is 42.9 Å². The van der Waals surface area contributed by atoms with Gasteiger partial charge in [-0.3, -0.25) is 4.79 Å². The molecule has 1 amide bonds. The summed E-state index contributed by atoms with van der Waals surface area (Å²) in [5.41, 5.74) is 2.92. The molecule has 3 heterocycles. The number of aromatic nitrogens is 1. The Hall–Kier alpha value is -1.92. The zero-order chi connectivity index (χ0) is 18.6. The molecule has 4 rings (SSSR count). The summed E-state index contributed by atoms with van der Waals surface area (Å²) < 4.78 is 0. The number of amides is 1. The normalized spacial score (nSPS) is 17.6. The van der Waals surface area contributed by atoms with E-state index in [0.29, 0.717) is 0 Å². The monoisotopic (exact) mass is 384 g/mol. The van der Waals surface area contributed by atoms with Crippen LogP contribution in [0.5, 0.6) is 0 Å². The summed E-state index contributed by atoms with van der Waals surface area (Å²) in [7, 11) is 0. The first kappa shape index (κ1) is 18.4. The maximum absolute atomic E-state index is 12.7. The molecule has 1 aromatic carbocycles. The Balaban J connectivity index is 1.36. The van der Waals surface area contributed by atoms with Crippen LogP contribution in [-0.2, 0) is 6.42 Å². The number of anilines is 2. The van der Waals surface area contributed by atoms with Crippen LogP contribution in [0.25, 0.3) is 0 Å². The van der Waals surface area contributed by atoms with Gasteiger partial charge in [0.05, 0.1) is 10.7 Å². The van der Waals surface area contributed by atoms with Crippen molar-refractivity contribution >= 4 is 28.6 Å². The fraction of sp³-hybridized carbons (Fsp3) is 0.524. The molecule has 5 nitrogen and oxygen atoms in total. The minimum atomic E-state index is -0.0497. The smallest absolute Gasteiger partial charge is 0.267 e. The first-order valence-electron chi connectivity index (χ1n) is 10.0. The SMILES string of the molecule is Cc1nc(CCN2CCCC2)sc1C(=O)Nc1ccc(N2CCCC2)cc1. The Bertz CT molecular complexity index is 774. The Morgan fingerprint density at radius 1 is 1.07 bits per heavy atom. The zero-order valence-electron chi connectivity index (χ0n) is 16.0. The summed E-state index contributed by atoms with van der Waals surface area (Å²) in [5.74, 6) is -0.0497. The van der Waals surface area contributed by atoms with Crippen molar-refractivity contribution in [2.45, 2.75) is 39.0 Å². The fourth-order valence-electron chi connectivity index (χ4n) is 3.95. The number of thiazole rings is 1. The molecule has 0 saturated carbocycles. The van der Waals surface area contributed by atoms with Gasteiger partial charge in [-0.05, 0) is 70.0 Å². The van der Waals surface area contributed by atoms with Crippen LogP contribution in [0.3, 0.4) is 0 Å². The van der Waals surface area contributed by atoms with Crippen molar-refractivity contribution in [2.24, 2.45) is 0 Å². The van der Waals surface area contributed by atoms with E-state index in [1.54, 1.807) is 0 Å². The zero-order valence-corrected chi connectivity index (χ0v) is 16.9. The van der Waals surface area contributed by atoms with Gasteiger partial charge in [0, 0.05) is 37.4 Å². The highest BCUT2D eigenvalue weighted by Gasteiger charge is 2.18. The third-order valence-corrected chi connectivity index (χ3v) is 6.70. The summed E-state index contributed by atoms with van der Waals surface area (Å²) >= 11 is 1.54. The van der Waals surface area contributed by atoms with E-state index in [-0.39, 0.29) is 5.91 Å². The third kappa shape index (κ3) is 4.50. The predicted molar refractivity (Wildman–Crippen MR) is 112 cm³/mol. The fourth-order valence-corrected chi connectivity index (χ4v) is 4.90. The molecule has 6 heteroatoms. The summed E-state index contributed by atoms with van der Waals surface area (Å²) in [6.07, 6.45) is 6.08. The topological polar surface area (TPSA) is 48.5 Å². The molecule has 0 atom stereocenters. The molecule has 1 N–H and O–H groups in total. The number of nitrogens with one attached hydrogen (secondary N) is 1. The molecule has 2 fully saturated rings. The molecule has 0 spiro atoms. The Kier molecular flexibility index (Phi) is 5.74.